The first kappa shape index (κ1) is 15.5. The van der Waals surface area contributed by atoms with Gasteiger partial charge in [0.1, 0.15) is 0 Å². The summed E-state index contributed by atoms with van der Waals surface area (Å²) < 4.78 is 23.5. The molecule has 1 amide bonds. The van der Waals surface area contributed by atoms with Gasteiger partial charge in [-0.3, -0.25) is 4.79 Å². The van der Waals surface area contributed by atoms with Gasteiger partial charge in [0.15, 0.2) is 0 Å². The van der Waals surface area contributed by atoms with E-state index in [1.54, 1.807) is 13.0 Å². The highest BCUT2D eigenvalue weighted by Gasteiger charge is 2.29. The fourth-order valence-corrected chi connectivity index (χ4v) is 3.69. The number of carbonyl (C=O) groups excluding carboxylic acids is 1. The van der Waals surface area contributed by atoms with Gasteiger partial charge in [-0.05, 0) is 66.2 Å². The van der Waals surface area contributed by atoms with E-state index >= 15 is 0 Å². The highest BCUT2D eigenvalue weighted by atomic mass is 79.9. The topological polar surface area (TPSA) is 89.3 Å². The van der Waals surface area contributed by atoms with Gasteiger partial charge >= 0.3 is 0 Å². The number of hydrogen-bond donors (Lipinski definition) is 2. The third-order valence-corrected chi connectivity index (χ3v) is 5.73. The lowest BCUT2D eigenvalue weighted by Gasteiger charge is -2.14. The lowest BCUT2D eigenvalue weighted by Crippen LogP contribution is -2.34. The van der Waals surface area contributed by atoms with Crippen molar-refractivity contribution < 1.29 is 13.2 Å². The van der Waals surface area contributed by atoms with E-state index in [0.717, 1.165) is 12.8 Å². The smallest absolute Gasteiger partial charge is 0.251 e. The van der Waals surface area contributed by atoms with E-state index in [-0.39, 0.29) is 16.8 Å². The molecule has 5 nitrogen and oxygen atoms in total. The molecule has 20 heavy (non-hydrogen) atoms. The lowest BCUT2D eigenvalue weighted by molar-refractivity contribution is 0.0935. The molecular formula is C13H17BrN2O3S. The normalized spacial score (nSPS) is 16.8. The molecule has 1 saturated carbocycles. The number of primary sulfonamides is 1. The second-order valence-electron chi connectivity index (χ2n) is 5.25. The summed E-state index contributed by atoms with van der Waals surface area (Å²) in [6, 6.07) is 3.05. The molecule has 0 saturated heterocycles. The van der Waals surface area contributed by atoms with Crippen LogP contribution < -0.4 is 10.5 Å². The van der Waals surface area contributed by atoms with E-state index in [4.69, 9.17) is 5.14 Å². The number of halogens is 1. The van der Waals surface area contributed by atoms with Crippen molar-refractivity contribution in [3.8, 4) is 0 Å². The van der Waals surface area contributed by atoms with Gasteiger partial charge in [0, 0.05) is 16.1 Å². The Morgan fingerprint density at radius 2 is 2.05 bits per heavy atom. The number of nitrogens with two attached hydrogens (primary N) is 1. The maximum absolute atomic E-state index is 12.2. The minimum atomic E-state index is -3.87. The predicted molar refractivity (Wildman–Crippen MR) is 79.9 cm³/mol. The quantitative estimate of drug-likeness (QED) is 0.859. The molecule has 1 aromatic rings. The molecule has 1 fully saturated rings. The van der Waals surface area contributed by atoms with Crippen LogP contribution in [-0.2, 0) is 10.0 Å². The Labute approximate surface area is 127 Å². The average molecular weight is 361 g/mol. The van der Waals surface area contributed by atoms with Crippen molar-refractivity contribution in [3.63, 3.8) is 0 Å². The van der Waals surface area contributed by atoms with Crippen LogP contribution in [0.1, 0.15) is 35.7 Å². The molecule has 0 spiro atoms. The third-order valence-electron chi connectivity index (χ3n) is 3.48. The summed E-state index contributed by atoms with van der Waals surface area (Å²) >= 11 is 3.19. The van der Waals surface area contributed by atoms with Crippen molar-refractivity contribution in [1.29, 1.82) is 0 Å². The Hall–Kier alpha value is -0.920. The SMILES string of the molecule is Cc1cc(C(=O)NC(C)C2CC2)cc(S(N)(=O)=O)c1Br. The number of rotatable bonds is 4. The van der Waals surface area contributed by atoms with Gasteiger partial charge in [-0.1, -0.05) is 0 Å². The molecule has 1 atom stereocenters. The molecule has 0 aromatic heterocycles. The molecule has 0 radical (unpaired) electrons. The van der Waals surface area contributed by atoms with Crippen molar-refractivity contribution >= 4 is 31.9 Å². The van der Waals surface area contributed by atoms with Crippen LogP contribution in [0.4, 0.5) is 0 Å². The Balaban J connectivity index is 2.32. The molecular weight excluding hydrogens is 344 g/mol. The molecule has 110 valence electrons. The molecule has 7 heteroatoms. The molecule has 0 heterocycles. The van der Waals surface area contributed by atoms with Gasteiger partial charge in [-0.25, -0.2) is 13.6 Å². The van der Waals surface area contributed by atoms with Crippen LogP contribution in [0.15, 0.2) is 21.5 Å². The molecule has 1 aromatic carbocycles. The van der Waals surface area contributed by atoms with E-state index in [1.165, 1.54) is 6.07 Å². The van der Waals surface area contributed by atoms with Gasteiger partial charge in [0.25, 0.3) is 5.91 Å². The second kappa shape index (κ2) is 5.46. The number of amides is 1. The fraction of sp³-hybridized carbons (Fsp3) is 0.462. The van der Waals surface area contributed by atoms with Gasteiger partial charge in [-0.15, -0.1) is 0 Å². The van der Waals surface area contributed by atoms with E-state index in [0.29, 0.717) is 21.5 Å². The number of nitrogens with one attached hydrogen (secondary N) is 1. The van der Waals surface area contributed by atoms with E-state index < -0.39 is 10.0 Å². The Morgan fingerprint density at radius 3 is 2.55 bits per heavy atom. The monoisotopic (exact) mass is 360 g/mol. The van der Waals surface area contributed by atoms with Gasteiger partial charge in [0.2, 0.25) is 10.0 Å². The largest absolute Gasteiger partial charge is 0.349 e. The predicted octanol–water partition coefficient (Wildman–Crippen LogP) is 1.93. The van der Waals surface area contributed by atoms with E-state index in [2.05, 4.69) is 21.2 Å². The molecule has 1 aliphatic rings. The molecule has 1 unspecified atom stereocenters. The second-order valence-corrected chi connectivity index (χ2v) is 7.57. The van der Waals surface area contributed by atoms with Crippen LogP contribution in [-0.4, -0.2) is 20.4 Å². The van der Waals surface area contributed by atoms with Crippen LogP contribution >= 0.6 is 15.9 Å². The summed E-state index contributed by atoms with van der Waals surface area (Å²) in [6.07, 6.45) is 2.26. The standard InChI is InChI=1S/C13H17BrN2O3S/c1-7-5-10(6-11(12(7)14)20(15,18)19)13(17)16-8(2)9-3-4-9/h5-6,8-9H,3-4H2,1-2H3,(H,16,17)(H2,15,18,19). The minimum absolute atomic E-state index is 0.0678. The maximum Gasteiger partial charge on any atom is 0.251 e. The maximum atomic E-state index is 12.2. The zero-order chi connectivity index (χ0) is 15.1. The van der Waals surface area contributed by atoms with E-state index in [9.17, 15) is 13.2 Å². The zero-order valence-corrected chi connectivity index (χ0v) is 13.7. The number of sulfonamides is 1. The third kappa shape index (κ3) is 3.39. The van der Waals surface area contributed by atoms with Crippen molar-refractivity contribution in [2.75, 3.05) is 0 Å². The summed E-state index contributed by atoms with van der Waals surface area (Å²) in [5, 5.41) is 8.06. The summed E-state index contributed by atoms with van der Waals surface area (Å²) in [6.45, 7) is 3.68. The highest BCUT2D eigenvalue weighted by molar-refractivity contribution is 9.10. The number of carbonyl (C=O) groups is 1. The van der Waals surface area contributed by atoms with Crippen LogP contribution in [0.3, 0.4) is 0 Å². The summed E-state index contributed by atoms with van der Waals surface area (Å²) in [5.41, 5.74) is 0.961. The van der Waals surface area contributed by atoms with Crippen molar-refractivity contribution in [2.45, 2.75) is 37.6 Å². The highest BCUT2D eigenvalue weighted by Crippen LogP contribution is 2.32. The molecule has 2 rings (SSSR count). The first-order valence-electron chi connectivity index (χ1n) is 6.34. The van der Waals surface area contributed by atoms with Crippen LogP contribution in [0.2, 0.25) is 0 Å². The van der Waals surface area contributed by atoms with Gasteiger partial charge in [0.05, 0.1) is 4.90 Å². The van der Waals surface area contributed by atoms with Crippen LogP contribution in [0, 0.1) is 12.8 Å². The molecule has 3 N–H and O–H groups in total. The summed E-state index contributed by atoms with van der Waals surface area (Å²) in [7, 11) is -3.87. The Morgan fingerprint density at radius 1 is 1.45 bits per heavy atom. The Bertz CT molecular complexity index is 654. The first-order chi connectivity index (χ1) is 9.20. The lowest BCUT2D eigenvalue weighted by atomic mass is 10.1. The molecule has 0 bridgehead atoms. The van der Waals surface area contributed by atoms with Crippen molar-refractivity contribution in [3.05, 3.63) is 27.7 Å². The van der Waals surface area contributed by atoms with Crippen LogP contribution in [0.25, 0.3) is 0 Å². The summed E-state index contributed by atoms with van der Waals surface area (Å²) in [4.78, 5) is 12.1. The van der Waals surface area contributed by atoms with Gasteiger partial charge < -0.3 is 5.32 Å². The van der Waals surface area contributed by atoms with Crippen molar-refractivity contribution in [1.82, 2.24) is 5.32 Å². The number of aryl methyl sites for hydroxylation is 1. The molecule has 0 aliphatic heterocycles. The zero-order valence-electron chi connectivity index (χ0n) is 11.3. The van der Waals surface area contributed by atoms with Crippen LogP contribution in [0.5, 0.6) is 0 Å². The minimum Gasteiger partial charge on any atom is -0.349 e. The average Bonchev–Trinajstić information content (AvgIpc) is 3.14. The number of benzene rings is 1. The van der Waals surface area contributed by atoms with Crippen molar-refractivity contribution in [2.24, 2.45) is 11.1 Å². The van der Waals surface area contributed by atoms with E-state index in [1.807, 2.05) is 6.92 Å². The molecule has 1 aliphatic carbocycles. The fourth-order valence-electron chi connectivity index (χ4n) is 2.08. The number of hydrogen-bond acceptors (Lipinski definition) is 3. The summed E-state index contributed by atoms with van der Waals surface area (Å²) in [5.74, 6) is 0.262. The van der Waals surface area contributed by atoms with Gasteiger partial charge in [-0.2, -0.15) is 0 Å². The first-order valence-corrected chi connectivity index (χ1v) is 8.68. The Kier molecular flexibility index (Phi) is 4.22.